The summed E-state index contributed by atoms with van der Waals surface area (Å²) >= 11 is 0. The molecule has 2 amide bonds. The van der Waals surface area contributed by atoms with Gasteiger partial charge in [0.25, 0.3) is 0 Å². The van der Waals surface area contributed by atoms with Crippen LogP contribution < -0.4 is 15.5 Å². The molecule has 3 aliphatic rings. The zero-order valence-electron chi connectivity index (χ0n) is 18.5. The van der Waals surface area contributed by atoms with Crippen LogP contribution in [-0.2, 0) is 0 Å². The minimum atomic E-state index is -0.456. The molecule has 0 radical (unpaired) electrons. The zero-order valence-corrected chi connectivity index (χ0v) is 19.3. The van der Waals surface area contributed by atoms with Gasteiger partial charge in [0, 0.05) is 37.3 Å². The predicted molar refractivity (Wildman–Crippen MR) is 126 cm³/mol. The summed E-state index contributed by atoms with van der Waals surface area (Å²) in [5.41, 5.74) is 0.934. The first-order valence-corrected chi connectivity index (χ1v) is 11.4. The second kappa shape index (κ2) is 8.99. The number of carbonyl (C=O) groups excluding carboxylic acids is 1. The molecule has 2 unspecified atom stereocenters. The molecule has 3 fully saturated rings. The molecule has 3 aromatic rings. The molecule has 11 heteroatoms. The van der Waals surface area contributed by atoms with E-state index >= 15 is 0 Å². The van der Waals surface area contributed by atoms with Gasteiger partial charge < -0.3 is 15.1 Å². The number of hydrogen-bond donors (Lipinski definition) is 2. The Morgan fingerprint density at radius 1 is 1.09 bits per heavy atom. The van der Waals surface area contributed by atoms with E-state index < -0.39 is 11.6 Å². The summed E-state index contributed by atoms with van der Waals surface area (Å²) in [6.07, 6.45) is 5.34. The minimum absolute atomic E-state index is 0. The number of hydrogen-bond acceptors (Lipinski definition) is 5. The Kier molecular flexibility index (Phi) is 6.03. The third-order valence-corrected chi connectivity index (χ3v) is 6.95. The van der Waals surface area contributed by atoms with Gasteiger partial charge in [-0.15, -0.1) is 17.5 Å². The van der Waals surface area contributed by atoms with Gasteiger partial charge in [-0.1, -0.05) is 0 Å². The molecule has 2 bridgehead atoms. The number of rotatable bonds is 3. The first kappa shape index (κ1) is 22.8. The molecule has 34 heavy (non-hydrogen) atoms. The Morgan fingerprint density at radius 3 is 2.68 bits per heavy atom. The predicted octanol–water partition coefficient (Wildman–Crippen LogP) is 3.74. The van der Waals surface area contributed by atoms with Crippen LogP contribution in [0, 0.1) is 11.6 Å². The lowest BCUT2D eigenvalue weighted by Gasteiger charge is -2.32. The number of halogens is 3. The Labute approximate surface area is 201 Å². The molecular formula is C23H26ClF2N7O. The highest BCUT2D eigenvalue weighted by Gasteiger charge is 2.34. The number of nitrogens with one attached hydrogen (secondary N) is 2. The van der Waals surface area contributed by atoms with Gasteiger partial charge in [-0.3, -0.25) is 5.32 Å². The van der Waals surface area contributed by atoms with Crippen LogP contribution in [0.3, 0.4) is 0 Å². The molecule has 3 atom stereocenters. The van der Waals surface area contributed by atoms with Crippen molar-refractivity contribution < 1.29 is 13.6 Å². The standard InChI is InChI=1S/C23H25F2N7O.ClH/c24-14-3-6-18(25)17(10-14)19-2-1-9-31(19)21-8-7-20-26-11-22(32(20)29-21)28-23(33)30-12-15-4-5-16(13-30)27-15;/h3,6-8,10-11,15-16,19,27H,1-2,4-5,9,12-13H2,(H,28,33);1H/t15?,16?,19-;/m1./s1. The topological polar surface area (TPSA) is 77.8 Å². The van der Waals surface area contributed by atoms with E-state index in [9.17, 15) is 13.6 Å². The van der Waals surface area contributed by atoms with Crippen LogP contribution in [-0.4, -0.2) is 57.2 Å². The smallest absolute Gasteiger partial charge is 0.323 e. The van der Waals surface area contributed by atoms with Crippen molar-refractivity contribution in [2.24, 2.45) is 0 Å². The van der Waals surface area contributed by atoms with Gasteiger partial charge in [-0.25, -0.2) is 18.6 Å². The lowest BCUT2D eigenvalue weighted by molar-refractivity contribution is 0.188. The molecule has 0 spiro atoms. The van der Waals surface area contributed by atoms with E-state index in [1.807, 2.05) is 21.9 Å². The summed E-state index contributed by atoms with van der Waals surface area (Å²) in [6, 6.07) is 7.47. The number of piperazine rings is 1. The summed E-state index contributed by atoms with van der Waals surface area (Å²) in [7, 11) is 0. The third-order valence-electron chi connectivity index (χ3n) is 6.95. The van der Waals surface area contributed by atoms with Gasteiger partial charge in [-0.2, -0.15) is 4.52 Å². The number of likely N-dealkylation sites (tertiary alicyclic amines) is 1. The lowest BCUT2D eigenvalue weighted by atomic mass is 10.0. The van der Waals surface area contributed by atoms with Crippen molar-refractivity contribution in [2.75, 3.05) is 29.9 Å². The Bertz CT molecular complexity index is 1210. The fourth-order valence-electron chi connectivity index (χ4n) is 5.39. The zero-order chi connectivity index (χ0) is 22.5. The Balaban J connectivity index is 0.00000241. The SMILES string of the molecule is Cl.O=C(Nc1cnc2ccc(N3CCC[C@@H]3c3cc(F)ccc3F)nn12)N1CC2CCC(C1)N2. The fraction of sp³-hybridized carbons (Fsp3) is 0.435. The molecule has 2 aromatic heterocycles. The average molecular weight is 490 g/mol. The molecule has 180 valence electrons. The highest BCUT2D eigenvalue weighted by Crippen LogP contribution is 2.36. The maximum Gasteiger partial charge on any atom is 0.323 e. The summed E-state index contributed by atoms with van der Waals surface area (Å²) in [5.74, 6) is 0.232. The van der Waals surface area contributed by atoms with Crippen LogP contribution in [0.1, 0.15) is 37.3 Å². The normalized spacial score (nSPS) is 23.9. The summed E-state index contributed by atoms with van der Waals surface area (Å²) in [4.78, 5) is 21.1. The van der Waals surface area contributed by atoms with Gasteiger partial charge in [-0.05, 0) is 56.0 Å². The van der Waals surface area contributed by atoms with Crippen molar-refractivity contribution in [3.8, 4) is 0 Å². The number of imidazole rings is 1. The van der Waals surface area contributed by atoms with Gasteiger partial charge >= 0.3 is 6.03 Å². The van der Waals surface area contributed by atoms with E-state index in [-0.39, 0.29) is 24.5 Å². The van der Waals surface area contributed by atoms with E-state index in [0.29, 0.717) is 61.0 Å². The molecule has 3 aliphatic heterocycles. The summed E-state index contributed by atoms with van der Waals surface area (Å²) in [5, 5.41) is 11.2. The maximum atomic E-state index is 14.5. The minimum Gasteiger partial charge on any atom is -0.348 e. The molecule has 3 saturated heterocycles. The molecule has 0 aliphatic carbocycles. The van der Waals surface area contributed by atoms with Gasteiger partial charge in [0.05, 0.1) is 12.2 Å². The molecule has 2 N–H and O–H groups in total. The van der Waals surface area contributed by atoms with E-state index in [2.05, 4.69) is 15.6 Å². The van der Waals surface area contributed by atoms with Crippen molar-refractivity contribution in [2.45, 2.75) is 43.8 Å². The molecule has 1 aromatic carbocycles. The van der Waals surface area contributed by atoms with Crippen LogP contribution in [0.15, 0.2) is 36.5 Å². The maximum absolute atomic E-state index is 14.5. The van der Waals surface area contributed by atoms with Crippen molar-refractivity contribution in [3.05, 3.63) is 53.7 Å². The summed E-state index contributed by atoms with van der Waals surface area (Å²) in [6.45, 7) is 2.05. The number of aromatic nitrogens is 3. The number of anilines is 2. The highest BCUT2D eigenvalue weighted by molar-refractivity contribution is 5.89. The largest absolute Gasteiger partial charge is 0.348 e. The van der Waals surface area contributed by atoms with Crippen molar-refractivity contribution in [1.82, 2.24) is 24.8 Å². The number of nitrogens with zero attached hydrogens (tertiary/aromatic N) is 5. The van der Waals surface area contributed by atoms with Crippen LogP contribution >= 0.6 is 12.4 Å². The Morgan fingerprint density at radius 2 is 1.88 bits per heavy atom. The number of urea groups is 1. The first-order valence-electron chi connectivity index (χ1n) is 11.4. The molecule has 6 rings (SSSR count). The van der Waals surface area contributed by atoms with E-state index in [4.69, 9.17) is 5.10 Å². The lowest BCUT2D eigenvalue weighted by Crippen LogP contribution is -2.54. The number of benzene rings is 1. The van der Waals surface area contributed by atoms with Crippen LogP contribution in [0.25, 0.3) is 5.65 Å². The average Bonchev–Trinajstić information content (AvgIpc) is 3.54. The van der Waals surface area contributed by atoms with Crippen LogP contribution in [0.5, 0.6) is 0 Å². The first-order chi connectivity index (χ1) is 16.0. The third kappa shape index (κ3) is 4.05. The Hall–Kier alpha value is -2.98. The van der Waals surface area contributed by atoms with E-state index in [1.54, 1.807) is 10.7 Å². The number of amides is 2. The number of carbonyl (C=O) groups is 1. The van der Waals surface area contributed by atoms with Gasteiger partial charge in [0.2, 0.25) is 0 Å². The summed E-state index contributed by atoms with van der Waals surface area (Å²) < 4.78 is 29.9. The molecule has 8 nitrogen and oxygen atoms in total. The van der Waals surface area contributed by atoms with Crippen LogP contribution in [0.2, 0.25) is 0 Å². The van der Waals surface area contributed by atoms with Crippen molar-refractivity contribution >= 4 is 35.7 Å². The van der Waals surface area contributed by atoms with E-state index in [0.717, 1.165) is 25.3 Å². The molecule has 0 saturated carbocycles. The van der Waals surface area contributed by atoms with Gasteiger partial charge in [0.15, 0.2) is 11.5 Å². The highest BCUT2D eigenvalue weighted by atomic mass is 35.5. The van der Waals surface area contributed by atoms with E-state index in [1.165, 1.54) is 12.1 Å². The monoisotopic (exact) mass is 489 g/mol. The van der Waals surface area contributed by atoms with Gasteiger partial charge in [0.1, 0.15) is 17.5 Å². The second-order valence-corrected chi connectivity index (χ2v) is 9.10. The quantitative estimate of drug-likeness (QED) is 0.586. The fourth-order valence-corrected chi connectivity index (χ4v) is 5.39. The second-order valence-electron chi connectivity index (χ2n) is 9.10. The van der Waals surface area contributed by atoms with Crippen molar-refractivity contribution in [1.29, 1.82) is 0 Å². The van der Waals surface area contributed by atoms with Crippen molar-refractivity contribution in [3.63, 3.8) is 0 Å². The molecule has 5 heterocycles. The van der Waals surface area contributed by atoms with Crippen LogP contribution in [0.4, 0.5) is 25.2 Å². The number of fused-ring (bicyclic) bond motifs is 3. The molecular weight excluding hydrogens is 464 g/mol.